The predicted octanol–water partition coefficient (Wildman–Crippen LogP) is 2.52. The predicted molar refractivity (Wildman–Crippen MR) is 58.9 cm³/mol. The minimum Gasteiger partial charge on any atom is -0.285 e. The highest BCUT2D eigenvalue weighted by molar-refractivity contribution is 7.86. The van der Waals surface area contributed by atoms with Gasteiger partial charge < -0.3 is 0 Å². The van der Waals surface area contributed by atoms with Gasteiger partial charge in [-0.1, -0.05) is 39.0 Å². The van der Waals surface area contributed by atoms with Crippen molar-refractivity contribution in [2.45, 2.75) is 57.1 Å². The van der Waals surface area contributed by atoms with Gasteiger partial charge in [-0.15, -0.1) is 0 Å². The Bertz CT molecular complexity index is 292. The third-order valence-electron chi connectivity index (χ3n) is 2.37. The van der Waals surface area contributed by atoms with Gasteiger partial charge in [0.2, 0.25) is 0 Å². The van der Waals surface area contributed by atoms with Crippen molar-refractivity contribution in [3.8, 4) is 6.07 Å². The fourth-order valence-corrected chi connectivity index (χ4v) is 2.18. The molecule has 1 N–H and O–H groups in total. The molecule has 0 aliphatic rings. The van der Waals surface area contributed by atoms with Gasteiger partial charge in [0.15, 0.2) is 0 Å². The second-order valence-electron chi connectivity index (χ2n) is 3.70. The van der Waals surface area contributed by atoms with Crippen molar-refractivity contribution in [2.75, 3.05) is 0 Å². The molecule has 0 aromatic heterocycles. The molecule has 0 saturated carbocycles. The van der Waals surface area contributed by atoms with Crippen molar-refractivity contribution in [1.29, 1.82) is 5.26 Å². The summed E-state index contributed by atoms with van der Waals surface area (Å²) in [5.74, 6) is 0. The van der Waals surface area contributed by atoms with E-state index in [1.165, 1.54) is 0 Å². The number of nitriles is 1. The minimum atomic E-state index is -4.04. The average molecular weight is 233 g/mol. The number of rotatable bonds is 8. The van der Waals surface area contributed by atoms with Crippen LogP contribution in [0, 0.1) is 11.3 Å². The van der Waals surface area contributed by atoms with E-state index in [1.807, 2.05) is 0 Å². The SMILES string of the molecule is CCCCCCCC(CC#N)S(=O)(=O)O. The number of unbranched alkanes of at least 4 members (excludes halogenated alkanes) is 4. The van der Waals surface area contributed by atoms with Crippen molar-refractivity contribution in [1.82, 2.24) is 0 Å². The highest BCUT2D eigenvalue weighted by Gasteiger charge is 2.21. The Kier molecular flexibility index (Phi) is 7.35. The van der Waals surface area contributed by atoms with E-state index in [-0.39, 0.29) is 6.42 Å². The zero-order valence-corrected chi connectivity index (χ0v) is 9.96. The second-order valence-corrected chi connectivity index (χ2v) is 5.40. The minimum absolute atomic E-state index is 0.118. The summed E-state index contributed by atoms with van der Waals surface area (Å²) in [6, 6.07) is 1.79. The molecule has 0 aliphatic carbocycles. The molecular weight excluding hydrogens is 214 g/mol. The van der Waals surface area contributed by atoms with Crippen LogP contribution >= 0.6 is 0 Å². The first kappa shape index (κ1) is 14.4. The fraction of sp³-hybridized carbons (Fsp3) is 0.900. The van der Waals surface area contributed by atoms with E-state index < -0.39 is 15.4 Å². The summed E-state index contributed by atoms with van der Waals surface area (Å²) in [7, 11) is -4.04. The molecule has 15 heavy (non-hydrogen) atoms. The van der Waals surface area contributed by atoms with Gasteiger partial charge in [0.05, 0.1) is 17.7 Å². The quantitative estimate of drug-likeness (QED) is 0.516. The highest BCUT2D eigenvalue weighted by atomic mass is 32.2. The lowest BCUT2D eigenvalue weighted by molar-refractivity contribution is 0.457. The molecule has 0 bridgehead atoms. The third-order valence-corrected chi connectivity index (χ3v) is 3.61. The maximum absolute atomic E-state index is 10.8. The second kappa shape index (κ2) is 7.66. The lowest BCUT2D eigenvalue weighted by Gasteiger charge is -2.09. The van der Waals surface area contributed by atoms with Crippen LogP contribution in [0.25, 0.3) is 0 Å². The standard InChI is InChI=1S/C10H19NO3S/c1-2-3-4-5-6-7-10(8-9-11)15(12,13)14/h10H,2-8H2,1H3,(H,12,13,14). The summed E-state index contributed by atoms with van der Waals surface area (Å²) in [4.78, 5) is 0. The molecule has 0 aliphatic heterocycles. The van der Waals surface area contributed by atoms with Crippen molar-refractivity contribution in [2.24, 2.45) is 0 Å². The van der Waals surface area contributed by atoms with Gasteiger partial charge in [0.25, 0.3) is 10.1 Å². The number of hydrogen-bond acceptors (Lipinski definition) is 3. The molecule has 88 valence electrons. The van der Waals surface area contributed by atoms with Crippen LogP contribution < -0.4 is 0 Å². The van der Waals surface area contributed by atoms with Crippen molar-refractivity contribution < 1.29 is 13.0 Å². The lowest BCUT2D eigenvalue weighted by Crippen LogP contribution is -2.19. The monoisotopic (exact) mass is 233 g/mol. The zero-order chi connectivity index (χ0) is 11.7. The first-order valence-electron chi connectivity index (χ1n) is 5.35. The van der Waals surface area contributed by atoms with Crippen LogP contribution in [0.5, 0.6) is 0 Å². The smallest absolute Gasteiger partial charge is 0.268 e. The van der Waals surface area contributed by atoms with Crippen LogP contribution in [-0.4, -0.2) is 18.2 Å². The molecule has 0 radical (unpaired) electrons. The molecule has 0 amide bonds. The molecule has 0 fully saturated rings. The van der Waals surface area contributed by atoms with Gasteiger partial charge in [-0.3, -0.25) is 4.55 Å². The molecular formula is C10H19NO3S. The first-order valence-corrected chi connectivity index (χ1v) is 6.86. The molecule has 0 heterocycles. The van der Waals surface area contributed by atoms with E-state index in [1.54, 1.807) is 6.07 Å². The van der Waals surface area contributed by atoms with E-state index >= 15 is 0 Å². The summed E-state index contributed by atoms with van der Waals surface area (Å²) in [6.07, 6.45) is 5.36. The van der Waals surface area contributed by atoms with Crippen LogP contribution in [0.15, 0.2) is 0 Å². The Morgan fingerprint density at radius 3 is 2.33 bits per heavy atom. The normalized spacial score (nSPS) is 13.4. The Morgan fingerprint density at radius 1 is 1.27 bits per heavy atom. The highest BCUT2D eigenvalue weighted by Crippen LogP contribution is 2.14. The average Bonchev–Trinajstić information content (AvgIpc) is 2.14. The summed E-state index contributed by atoms with van der Waals surface area (Å²) in [5, 5.41) is 7.52. The molecule has 0 aromatic carbocycles. The molecule has 1 unspecified atom stereocenters. The fourth-order valence-electron chi connectivity index (χ4n) is 1.43. The number of nitrogens with zero attached hydrogens (tertiary/aromatic N) is 1. The van der Waals surface area contributed by atoms with Gasteiger partial charge in [-0.25, -0.2) is 0 Å². The summed E-state index contributed by atoms with van der Waals surface area (Å²) in [6.45, 7) is 2.11. The van der Waals surface area contributed by atoms with Gasteiger partial charge >= 0.3 is 0 Å². The van der Waals surface area contributed by atoms with Crippen molar-refractivity contribution in [3.05, 3.63) is 0 Å². The van der Waals surface area contributed by atoms with Crippen LogP contribution in [0.1, 0.15) is 51.9 Å². The molecule has 1 atom stereocenters. The van der Waals surface area contributed by atoms with Gasteiger partial charge in [0.1, 0.15) is 0 Å². The summed E-state index contributed by atoms with van der Waals surface area (Å²) in [5.41, 5.74) is 0. The largest absolute Gasteiger partial charge is 0.285 e. The molecule has 4 nitrogen and oxygen atoms in total. The van der Waals surface area contributed by atoms with E-state index in [4.69, 9.17) is 9.81 Å². The first-order chi connectivity index (χ1) is 7.02. The molecule has 0 spiro atoms. The molecule has 0 saturated heterocycles. The topological polar surface area (TPSA) is 78.2 Å². The van der Waals surface area contributed by atoms with Gasteiger partial charge in [-0.2, -0.15) is 13.7 Å². The van der Waals surface area contributed by atoms with Crippen molar-refractivity contribution in [3.63, 3.8) is 0 Å². The Morgan fingerprint density at radius 2 is 1.87 bits per heavy atom. The van der Waals surface area contributed by atoms with Gasteiger partial charge in [-0.05, 0) is 6.42 Å². The van der Waals surface area contributed by atoms with Crippen LogP contribution in [-0.2, 0) is 10.1 Å². The maximum Gasteiger partial charge on any atom is 0.268 e. The van der Waals surface area contributed by atoms with Crippen LogP contribution in [0.3, 0.4) is 0 Å². The molecule has 0 rings (SSSR count). The third kappa shape index (κ3) is 7.34. The lowest BCUT2D eigenvalue weighted by atomic mass is 10.1. The Balaban J connectivity index is 3.84. The van der Waals surface area contributed by atoms with E-state index in [9.17, 15) is 8.42 Å². The maximum atomic E-state index is 10.8. The van der Waals surface area contributed by atoms with E-state index in [0.717, 1.165) is 32.1 Å². The molecule has 5 heteroatoms. The van der Waals surface area contributed by atoms with E-state index in [2.05, 4.69) is 6.92 Å². The number of hydrogen-bond donors (Lipinski definition) is 1. The Hall–Kier alpha value is -0.600. The Labute approximate surface area is 92.0 Å². The summed E-state index contributed by atoms with van der Waals surface area (Å²) < 4.78 is 30.5. The van der Waals surface area contributed by atoms with Crippen LogP contribution in [0.4, 0.5) is 0 Å². The van der Waals surface area contributed by atoms with Gasteiger partial charge in [0, 0.05) is 0 Å². The van der Waals surface area contributed by atoms with Crippen LogP contribution in [0.2, 0.25) is 0 Å². The molecule has 0 aromatic rings. The zero-order valence-electron chi connectivity index (χ0n) is 9.15. The van der Waals surface area contributed by atoms with E-state index in [0.29, 0.717) is 6.42 Å². The summed E-state index contributed by atoms with van der Waals surface area (Å²) >= 11 is 0. The van der Waals surface area contributed by atoms with Crippen molar-refractivity contribution >= 4 is 10.1 Å².